The van der Waals surface area contributed by atoms with Crippen molar-refractivity contribution in [3.05, 3.63) is 0 Å². The minimum atomic E-state index is -1.00. The average molecular weight is 280 g/mol. The zero-order valence-corrected chi connectivity index (χ0v) is 10.9. The van der Waals surface area contributed by atoms with E-state index in [1.807, 2.05) is 0 Å². The molecule has 0 radical (unpaired) electrons. The summed E-state index contributed by atoms with van der Waals surface area (Å²) in [6.07, 6.45) is -1.00. The molecule has 112 valence electrons. The first kappa shape index (κ1) is 19.8. The van der Waals surface area contributed by atoms with Gasteiger partial charge in [-0.15, -0.1) is 0 Å². The zero-order chi connectivity index (χ0) is 15.4. The standard InChI is InChI=1S/C5H11NO4.C5H9NO3/c6-1-5(9)10-3-4(8)2-7;1-3(6)5(8)9-4(2)7/h4,7-8H,1-3,6H2;3H,6H2,1-2H3/t;3-/m.0/s1. The molecule has 0 aliphatic carbocycles. The Morgan fingerprint density at radius 1 is 1.32 bits per heavy atom. The lowest BCUT2D eigenvalue weighted by Gasteiger charge is -2.06. The van der Waals surface area contributed by atoms with Gasteiger partial charge in [0.25, 0.3) is 0 Å². The highest BCUT2D eigenvalue weighted by molar-refractivity contribution is 5.86. The molecule has 0 aromatic rings. The third-order valence-corrected chi connectivity index (χ3v) is 1.43. The summed E-state index contributed by atoms with van der Waals surface area (Å²) in [6, 6.07) is -0.728. The van der Waals surface area contributed by atoms with Crippen molar-refractivity contribution in [2.24, 2.45) is 11.5 Å². The SMILES string of the molecule is CC(=O)OC(=O)[C@H](C)N.NCC(=O)OCC(O)CO. The number of carbonyl (C=O) groups is 3. The topological polar surface area (TPSA) is 162 Å². The maximum atomic E-state index is 10.4. The largest absolute Gasteiger partial charge is 0.462 e. The van der Waals surface area contributed by atoms with Crippen molar-refractivity contribution in [2.45, 2.75) is 26.0 Å². The second-order valence-corrected chi connectivity index (χ2v) is 3.42. The van der Waals surface area contributed by atoms with E-state index in [2.05, 4.69) is 9.47 Å². The van der Waals surface area contributed by atoms with E-state index in [0.29, 0.717) is 0 Å². The number of esters is 3. The molecular weight excluding hydrogens is 260 g/mol. The highest BCUT2D eigenvalue weighted by Gasteiger charge is 2.10. The van der Waals surface area contributed by atoms with Crippen molar-refractivity contribution in [1.82, 2.24) is 0 Å². The van der Waals surface area contributed by atoms with Gasteiger partial charge in [-0.1, -0.05) is 0 Å². The zero-order valence-electron chi connectivity index (χ0n) is 10.9. The first-order chi connectivity index (χ1) is 8.74. The van der Waals surface area contributed by atoms with E-state index < -0.39 is 36.7 Å². The summed E-state index contributed by atoms with van der Waals surface area (Å²) in [5, 5.41) is 16.9. The second kappa shape index (κ2) is 11.5. The molecule has 0 spiro atoms. The quantitative estimate of drug-likeness (QED) is 0.309. The van der Waals surface area contributed by atoms with Gasteiger partial charge < -0.3 is 31.2 Å². The van der Waals surface area contributed by atoms with Crippen LogP contribution in [0.25, 0.3) is 0 Å². The van der Waals surface area contributed by atoms with Gasteiger partial charge in [-0.05, 0) is 6.92 Å². The van der Waals surface area contributed by atoms with Crippen molar-refractivity contribution < 1.29 is 34.1 Å². The van der Waals surface area contributed by atoms with E-state index in [0.717, 1.165) is 6.92 Å². The van der Waals surface area contributed by atoms with Crippen LogP contribution in [0.3, 0.4) is 0 Å². The van der Waals surface area contributed by atoms with Gasteiger partial charge in [0, 0.05) is 6.92 Å². The highest BCUT2D eigenvalue weighted by Crippen LogP contribution is 1.83. The Bertz CT molecular complexity index is 294. The number of nitrogens with two attached hydrogens (primary N) is 2. The van der Waals surface area contributed by atoms with Crippen molar-refractivity contribution >= 4 is 17.9 Å². The molecule has 0 heterocycles. The van der Waals surface area contributed by atoms with Crippen LogP contribution in [-0.4, -0.2) is 60.0 Å². The molecule has 0 bridgehead atoms. The van der Waals surface area contributed by atoms with Crippen LogP contribution in [0.4, 0.5) is 0 Å². The number of hydrogen-bond donors (Lipinski definition) is 4. The smallest absolute Gasteiger partial charge is 0.330 e. The lowest BCUT2D eigenvalue weighted by Crippen LogP contribution is -2.29. The predicted molar refractivity (Wildman–Crippen MR) is 63.5 cm³/mol. The van der Waals surface area contributed by atoms with Crippen LogP contribution in [0.1, 0.15) is 13.8 Å². The molecule has 0 saturated heterocycles. The molecule has 0 aromatic heterocycles. The average Bonchev–Trinajstić information content (AvgIpc) is 2.35. The predicted octanol–water partition coefficient (Wildman–Crippen LogP) is -2.74. The van der Waals surface area contributed by atoms with E-state index in [1.54, 1.807) is 0 Å². The molecule has 0 amide bonds. The Kier molecular flexibility index (Phi) is 12.0. The number of aliphatic hydroxyl groups excluding tert-OH is 2. The molecule has 0 aliphatic rings. The number of carbonyl (C=O) groups excluding carboxylic acids is 3. The Morgan fingerprint density at radius 3 is 2.11 bits per heavy atom. The lowest BCUT2D eigenvalue weighted by molar-refractivity contribution is -0.158. The molecule has 0 rings (SSSR count). The summed E-state index contributed by atoms with van der Waals surface area (Å²) in [5.74, 6) is -1.91. The summed E-state index contributed by atoms with van der Waals surface area (Å²) in [7, 11) is 0. The number of rotatable bonds is 5. The maximum absolute atomic E-state index is 10.4. The molecule has 9 heteroatoms. The second-order valence-electron chi connectivity index (χ2n) is 3.42. The van der Waals surface area contributed by atoms with Crippen LogP contribution in [0, 0.1) is 0 Å². The Hall–Kier alpha value is -1.55. The molecule has 0 saturated carbocycles. The van der Waals surface area contributed by atoms with Crippen molar-refractivity contribution in [3.63, 3.8) is 0 Å². The number of ether oxygens (including phenoxy) is 2. The normalized spacial score (nSPS) is 12.5. The Labute approximate surface area is 110 Å². The molecule has 1 unspecified atom stereocenters. The first-order valence-corrected chi connectivity index (χ1v) is 5.37. The van der Waals surface area contributed by atoms with Crippen LogP contribution < -0.4 is 11.5 Å². The van der Waals surface area contributed by atoms with E-state index in [1.165, 1.54) is 6.92 Å². The summed E-state index contributed by atoms with van der Waals surface area (Å²) in [4.78, 5) is 30.7. The highest BCUT2D eigenvalue weighted by atomic mass is 16.6. The first-order valence-electron chi connectivity index (χ1n) is 5.37. The monoisotopic (exact) mass is 280 g/mol. The molecular formula is C10H20N2O7. The third kappa shape index (κ3) is 14.4. The molecule has 2 atom stereocenters. The van der Waals surface area contributed by atoms with Crippen LogP contribution >= 0.6 is 0 Å². The van der Waals surface area contributed by atoms with E-state index in [9.17, 15) is 14.4 Å². The number of aliphatic hydroxyl groups is 2. The lowest BCUT2D eigenvalue weighted by atomic mass is 10.4. The summed E-state index contributed by atoms with van der Waals surface area (Å²) in [5.41, 5.74) is 9.94. The fourth-order valence-corrected chi connectivity index (χ4v) is 0.535. The molecule has 19 heavy (non-hydrogen) atoms. The summed E-state index contributed by atoms with van der Waals surface area (Å²) < 4.78 is 8.48. The molecule has 6 N–H and O–H groups in total. The van der Waals surface area contributed by atoms with Gasteiger partial charge >= 0.3 is 17.9 Å². The third-order valence-electron chi connectivity index (χ3n) is 1.43. The fourth-order valence-electron chi connectivity index (χ4n) is 0.535. The van der Waals surface area contributed by atoms with Gasteiger partial charge in [-0.25, -0.2) is 4.79 Å². The minimum Gasteiger partial charge on any atom is -0.462 e. The van der Waals surface area contributed by atoms with Crippen LogP contribution in [-0.2, 0) is 23.9 Å². The molecule has 9 nitrogen and oxygen atoms in total. The van der Waals surface area contributed by atoms with Gasteiger partial charge in [0.15, 0.2) is 0 Å². The Balaban J connectivity index is 0. The summed E-state index contributed by atoms with van der Waals surface area (Å²) in [6.45, 7) is 1.77. The summed E-state index contributed by atoms with van der Waals surface area (Å²) >= 11 is 0. The van der Waals surface area contributed by atoms with E-state index in [4.69, 9.17) is 21.7 Å². The van der Waals surface area contributed by atoms with Crippen molar-refractivity contribution in [1.29, 1.82) is 0 Å². The van der Waals surface area contributed by atoms with Gasteiger partial charge in [0.2, 0.25) is 0 Å². The molecule has 0 aromatic carbocycles. The van der Waals surface area contributed by atoms with E-state index in [-0.39, 0.29) is 13.2 Å². The van der Waals surface area contributed by atoms with Gasteiger partial charge in [0.1, 0.15) is 18.8 Å². The minimum absolute atomic E-state index is 0.202. The van der Waals surface area contributed by atoms with Gasteiger partial charge in [0.05, 0.1) is 13.2 Å². The van der Waals surface area contributed by atoms with Crippen LogP contribution in [0.5, 0.6) is 0 Å². The number of hydrogen-bond acceptors (Lipinski definition) is 9. The van der Waals surface area contributed by atoms with Gasteiger partial charge in [-0.3, -0.25) is 9.59 Å². The van der Waals surface area contributed by atoms with Crippen molar-refractivity contribution in [3.8, 4) is 0 Å². The van der Waals surface area contributed by atoms with Gasteiger partial charge in [-0.2, -0.15) is 0 Å². The molecule has 0 aliphatic heterocycles. The Morgan fingerprint density at radius 2 is 1.84 bits per heavy atom. The van der Waals surface area contributed by atoms with E-state index >= 15 is 0 Å². The fraction of sp³-hybridized carbons (Fsp3) is 0.700. The van der Waals surface area contributed by atoms with Crippen LogP contribution in [0.2, 0.25) is 0 Å². The van der Waals surface area contributed by atoms with Crippen LogP contribution in [0.15, 0.2) is 0 Å². The van der Waals surface area contributed by atoms with Crippen molar-refractivity contribution in [2.75, 3.05) is 19.8 Å². The maximum Gasteiger partial charge on any atom is 0.330 e. The molecule has 0 fully saturated rings.